The fourth-order valence-corrected chi connectivity index (χ4v) is 2.60. The zero-order chi connectivity index (χ0) is 18.3. The van der Waals surface area contributed by atoms with E-state index in [9.17, 15) is 0 Å². The number of nitrogens with zero attached hydrogens (tertiary/aromatic N) is 3. The molecule has 0 bridgehead atoms. The van der Waals surface area contributed by atoms with Crippen LogP contribution in [0.1, 0.15) is 30.8 Å². The summed E-state index contributed by atoms with van der Waals surface area (Å²) in [5.41, 5.74) is 2.51. The Morgan fingerprint density at radius 1 is 1.28 bits per heavy atom. The molecule has 0 aliphatic carbocycles. The van der Waals surface area contributed by atoms with Gasteiger partial charge in [-0.15, -0.1) is 0 Å². The molecular weight excluding hydrogens is 330 g/mol. The van der Waals surface area contributed by atoms with Gasteiger partial charge in [-0.1, -0.05) is 24.3 Å². The Bertz CT molecular complexity index is 705. The number of aromatic nitrogens is 2. The first-order chi connectivity index (χ1) is 11.9. The van der Waals surface area contributed by atoms with Crippen molar-refractivity contribution in [2.45, 2.75) is 38.6 Å². The van der Waals surface area contributed by atoms with E-state index in [1.165, 1.54) is 11.1 Å². The molecule has 0 aliphatic rings. The second-order valence-corrected chi connectivity index (χ2v) is 8.18. The van der Waals surface area contributed by atoms with E-state index in [1.807, 2.05) is 31.1 Å². The van der Waals surface area contributed by atoms with E-state index in [0.717, 1.165) is 31.4 Å². The van der Waals surface area contributed by atoms with Crippen molar-refractivity contribution in [1.29, 1.82) is 0 Å². The number of guanidine groups is 1. The van der Waals surface area contributed by atoms with Gasteiger partial charge in [-0.2, -0.15) is 11.8 Å². The van der Waals surface area contributed by atoms with Gasteiger partial charge in [0.15, 0.2) is 5.96 Å². The molecule has 2 aromatic rings. The zero-order valence-electron chi connectivity index (χ0n) is 15.8. The standard InChI is InChI=1S/C19H29N5S/c1-15-21-9-10-24(15)13-17-8-6-7-16(11-17)12-22-18(20-4)23-14-19(2,3)25-5/h6-11H,12-14H2,1-5H3,(H2,20,22,23). The fraction of sp³-hybridized carbons (Fsp3) is 0.474. The number of benzene rings is 1. The van der Waals surface area contributed by atoms with Gasteiger partial charge >= 0.3 is 0 Å². The molecule has 5 nitrogen and oxygen atoms in total. The van der Waals surface area contributed by atoms with Gasteiger partial charge in [0, 0.05) is 43.8 Å². The molecule has 1 aromatic carbocycles. The van der Waals surface area contributed by atoms with Gasteiger partial charge in [-0.3, -0.25) is 4.99 Å². The molecule has 0 unspecified atom stereocenters. The number of rotatable bonds is 7. The van der Waals surface area contributed by atoms with Crippen LogP contribution < -0.4 is 10.6 Å². The summed E-state index contributed by atoms with van der Waals surface area (Å²) in [6.45, 7) is 8.93. The normalized spacial score (nSPS) is 12.3. The lowest BCUT2D eigenvalue weighted by atomic mass is 10.1. The predicted molar refractivity (Wildman–Crippen MR) is 108 cm³/mol. The molecule has 25 heavy (non-hydrogen) atoms. The monoisotopic (exact) mass is 359 g/mol. The van der Waals surface area contributed by atoms with Gasteiger partial charge in [0.05, 0.1) is 0 Å². The van der Waals surface area contributed by atoms with Gasteiger partial charge < -0.3 is 15.2 Å². The van der Waals surface area contributed by atoms with Crippen LogP contribution in [0, 0.1) is 6.92 Å². The van der Waals surface area contributed by atoms with E-state index in [0.29, 0.717) is 0 Å². The molecule has 0 saturated heterocycles. The van der Waals surface area contributed by atoms with E-state index in [2.05, 4.69) is 69.5 Å². The predicted octanol–water partition coefficient (Wildman–Crippen LogP) is 3.05. The Morgan fingerprint density at radius 3 is 2.68 bits per heavy atom. The number of hydrogen-bond acceptors (Lipinski definition) is 3. The van der Waals surface area contributed by atoms with Crippen LogP contribution in [-0.4, -0.2) is 40.1 Å². The third-order valence-corrected chi connectivity index (χ3v) is 5.44. The summed E-state index contributed by atoms with van der Waals surface area (Å²) in [6, 6.07) is 8.62. The van der Waals surface area contributed by atoms with Crippen molar-refractivity contribution in [2.75, 3.05) is 19.8 Å². The Kier molecular flexibility index (Phi) is 6.93. The molecule has 1 heterocycles. The van der Waals surface area contributed by atoms with Crippen LogP contribution in [0.5, 0.6) is 0 Å². The minimum absolute atomic E-state index is 0.181. The minimum Gasteiger partial charge on any atom is -0.355 e. The van der Waals surface area contributed by atoms with Crippen molar-refractivity contribution < 1.29 is 0 Å². The van der Waals surface area contributed by atoms with Gasteiger partial charge in [0.1, 0.15) is 5.82 Å². The second kappa shape index (κ2) is 8.94. The number of aryl methyl sites for hydroxylation is 1. The van der Waals surface area contributed by atoms with Crippen LogP contribution in [0.3, 0.4) is 0 Å². The highest BCUT2D eigenvalue weighted by Gasteiger charge is 2.16. The van der Waals surface area contributed by atoms with Crippen molar-refractivity contribution in [3.05, 3.63) is 53.6 Å². The molecule has 2 N–H and O–H groups in total. The molecule has 0 atom stereocenters. The average Bonchev–Trinajstić information content (AvgIpc) is 3.00. The Balaban J connectivity index is 1.92. The highest BCUT2D eigenvalue weighted by Crippen LogP contribution is 2.19. The molecule has 1 aromatic heterocycles. The topological polar surface area (TPSA) is 54.2 Å². The number of hydrogen-bond donors (Lipinski definition) is 2. The van der Waals surface area contributed by atoms with Crippen LogP contribution in [0.4, 0.5) is 0 Å². The third-order valence-electron chi connectivity index (χ3n) is 4.19. The molecule has 6 heteroatoms. The first-order valence-corrected chi connectivity index (χ1v) is 9.71. The second-order valence-electron chi connectivity index (χ2n) is 6.67. The quantitative estimate of drug-likeness (QED) is 0.589. The molecule has 0 fully saturated rings. The Hall–Kier alpha value is -1.95. The van der Waals surface area contributed by atoms with E-state index >= 15 is 0 Å². The van der Waals surface area contributed by atoms with Gasteiger partial charge in [-0.25, -0.2) is 4.98 Å². The van der Waals surface area contributed by atoms with Crippen molar-refractivity contribution in [3.8, 4) is 0 Å². The van der Waals surface area contributed by atoms with Crippen LogP contribution in [0.2, 0.25) is 0 Å². The maximum atomic E-state index is 4.31. The smallest absolute Gasteiger partial charge is 0.191 e. The first kappa shape index (κ1) is 19.4. The van der Waals surface area contributed by atoms with Crippen LogP contribution in [0.15, 0.2) is 41.7 Å². The lowest BCUT2D eigenvalue weighted by molar-refractivity contribution is 0.664. The summed E-state index contributed by atoms with van der Waals surface area (Å²) < 4.78 is 2.33. The Morgan fingerprint density at radius 2 is 2.04 bits per heavy atom. The van der Waals surface area contributed by atoms with E-state index in [4.69, 9.17) is 0 Å². The molecule has 136 valence electrons. The van der Waals surface area contributed by atoms with Crippen LogP contribution in [0.25, 0.3) is 0 Å². The Labute approximate surface area is 155 Å². The largest absolute Gasteiger partial charge is 0.355 e. The van der Waals surface area contributed by atoms with Crippen molar-refractivity contribution >= 4 is 17.7 Å². The molecule has 0 radical (unpaired) electrons. The molecule has 2 rings (SSSR count). The van der Waals surface area contributed by atoms with Gasteiger partial charge in [0.2, 0.25) is 0 Å². The molecule has 0 saturated carbocycles. The number of imidazole rings is 1. The summed E-state index contributed by atoms with van der Waals surface area (Å²) in [4.78, 5) is 8.59. The van der Waals surface area contributed by atoms with E-state index < -0.39 is 0 Å². The highest BCUT2D eigenvalue weighted by molar-refractivity contribution is 7.99. The summed E-state index contributed by atoms with van der Waals surface area (Å²) in [7, 11) is 1.81. The van der Waals surface area contributed by atoms with Crippen molar-refractivity contribution in [1.82, 2.24) is 20.2 Å². The number of thioether (sulfide) groups is 1. The summed E-state index contributed by atoms with van der Waals surface area (Å²) in [5.74, 6) is 1.86. The maximum Gasteiger partial charge on any atom is 0.191 e. The lowest BCUT2D eigenvalue weighted by Gasteiger charge is -2.23. The van der Waals surface area contributed by atoms with Crippen molar-refractivity contribution in [2.24, 2.45) is 4.99 Å². The molecule has 0 spiro atoms. The summed E-state index contributed by atoms with van der Waals surface area (Å²) >= 11 is 1.85. The maximum absolute atomic E-state index is 4.31. The average molecular weight is 360 g/mol. The van der Waals surface area contributed by atoms with Gasteiger partial charge in [0.25, 0.3) is 0 Å². The highest BCUT2D eigenvalue weighted by atomic mass is 32.2. The third kappa shape index (κ3) is 6.12. The number of aliphatic imine (C=N–C) groups is 1. The fourth-order valence-electron chi connectivity index (χ4n) is 2.38. The molecular formula is C19H29N5S. The molecule has 0 amide bonds. The van der Waals surface area contributed by atoms with E-state index in [1.54, 1.807) is 7.05 Å². The number of nitrogens with one attached hydrogen (secondary N) is 2. The summed E-state index contributed by atoms with van der Waals surface area (Å²) in [6.07, 6.45) is 5.98. The lowest BCUT2D eigenvalue weighted by Crippen LogP contribution is -2.42. The minimum atomic E-state index is 0.181. The van der Waals surface area contributed by atoms with Crippen LogP contribution >= 0.6 is 11.8 Å². The van der Waals surface area contributed by atoms with Crippen molar-refractivity contribution in [3.63, 3.8) is 0 Å². The molecule has 0 aliphatic heterocycles. The van der Waals surface area contributed by atoms with E-state index in [-0.39, 0.29) is 4.75 Å². The zero-order valence-corrected chi connectivity index (χ0v) is 16.7. The first-order valence-electron chi connectivity index (χ1n) is 8.49. The summed E-state index contributed by atoms with van der Waals surface area (Å²) in [5, 5.41) is 6.79. The SMILES string of the molecule is CN=C(NCc1cccc(Cn2ccnc2C)c1)NCC(C)(C)SC. The van der Waals surface area contributed by atoms with Gasteiger partial charge in [-0.05, 0) is 38.2 Å². The van der Waals surface area contributed by atoms with Crippen LogP contribution in [-0.2, 0) is 13.1 Å².